The average molecular weight is 296 g/mol. The fraction of sp³-hybridized carbons (Fsp3) is 1.00. The molecule has 0 aliphatic heterocycles. The average Bonchev–Trinajstić information content (AvgIpc) is 2.32. The SMILES string of the molecule is CC1CCCC(CNCCOCC(F)(F)F)(N(C)C)C1. The molecule has 0 aromatic carbocycles. The molecule has 0 aromatic heterocycles. The zero-order valence-corrected chi connectivity index (χ0v) is 12.7. The minimum absolute atomic E-state index is 0.0958. The van der Waals surface area contributed by atoms with E-state index in [1.807, 2.05) is 0 Å². The predicted octanol–water partition coefficient (Wildman–Crippen LogP) is 2.67. The number of ether oxygens (including phenoxy) is 1. The van der Waals surface area contributed by atoms with Gasteiger partial charge in [0.2, 0.25) is 0 Å². The number of nitrogens with zero attached hydrogens (tertiary/aromatic N) is 1. The Morgan fingerprint density at radius 1 is 1.35 bits per heavy atom. The third-order valence-electron chi connectivity index (χ3n) is 4.16. The van der Waals surface area contributed by atoms with E-state index in [9.17, 15) is 13.2 Å². The van der Waals surface area contributed by atoms with Crippen molar-refractivity contribution in [1.82, 2.24) is 10.2 Å². The zero-order chi connectivity index (χ0) is 15.2. The Balaban J connectivity index is 2.27. The molecule has 0 amide bonds. The lowest BCUT2D eigenvalue weighted by Crippen LogP contribution is -2.54. The molecule has 0 aromatic rings. The second-order valence-corrected chi connectivity index (χ2v) is 6.16. The molecular weight excluding hydrogens is 269 g/mol. The van der Waals surface area contributed by atoms with Gasteiger partial charge in [0.1, 0.15) is 6.61 Å². The number of halogens is 3. The minimum Gasteiger partial charge on any atom is -0.371 e. The highest BCUT2D eigenvalue weighted by atomic mass is 19.4. The monoisotopic (exact) mass is 296 g/mol. The van der Waals surface area contributed by atoms with Crippen molar-refractivity contribution in [2.75, 3.05) is 40.4 Å². The smallest absolute Gasteiger partial charge is 0.371 e. The summed E-state index contributed by atoms with van der Waals surface area (Å²) < 4.78 is 40.3. The van der Waals surface area contributed by atoms with Gasteiger partial charge in [0.25, 0.3) is 0 Å². The first kappa shape index (κ1) is 17.7. The van der Waals surface area contributed by atoms with Crippen LogP contribution in [-0.2, 0) is 4.74 Å². The van der Waals surface area contributed by atoms with Crippen LogP contribution in [0, 0.1) is 5.92 Å². The predicted molar refractivity (Wildman–Crippen MR) is 73.8 cm³/mol. The largest absolute Gasteiger partial charge is 0.411 e. The molecule has 2 unspecified atom stereocenters. The van der Waals surface area contributed by atoms with E-state index in [0.717, 1.165) is 19.4 Å². The molecule has 0 spiro atoms. The van der Waals surface area contributed by atoms with Crippen molar-refractivity contribution < 1.29 is 17.9 Å². The van der Waals surface area contributed by atoms with Crippen molar-refractivity contribution in [2.45, 2.75) is 44.3 Å². The van der Waals surface area contributed by atoms with Gasteiger partial charge in [0, 0.05) is 18.6 Å². The van der Waals surface area contributed by atoms with Crippen molar-refractivity contribution in [2.24, 2.45) is 5.92 Å². The van der Waals surface area contributed by atoms with Crippen LogP contribution in [0.1, 0.15) is 32.6 Å². The van der Waals surface area contributed by atoms with E-state index >= 15 is 0 Å². The quantitative estimate of drug-likeness (QED) is 0.731. The highest BCUT2D eigenvalue weighted by Crippen LogP contribution is 2.35. The maximum absolute atomic E-state index is 11.9. The van der Waals surface area contributed by atoms with Gasteiger partial charge >= 0.3 is 6.18 Å². The van der Waals surface area contributed by atoms with Gasteiger partial charge in [-0.25, -0.2) is 0 Å². The van der Waals surface area contributed by atoms with E-state index in [1.165, 1.54) is 12.8 Å². The van der Waals surface area contributed by atoms with Gasteiger partial charge in [0.15, 0.2) is 0 Å². The molecule has 1 aliphatic carbocycles. The Bertz CT molecular complexity index is 284. The van der Waals surface area contributed by atoms with Crippen LogP contribution in [0.15, 0.2) is 0 Å². The third-order valence-corrected chi connectivity index (χ3v) is 4.16. The van der Waals surface area contributed by atoms with Gasteiger partial charge in [-0.2, -0.15) is 13.2 Å². The number of rotatable bonds is 7. The standard InChI is InChI=1S/C14H27F3N2O/c1-12-5-4-6-13(9-12,19(2)3)10-18-7-8-20-11-14(15,16)17/h12,18H,4-11H2,1-3H3. The second-order valence-electron chi connectivity index (χ2n) is 6.16. The molecule has 6 heteroatoms. The molecule has 1 saturated carbocycles. The van der Waals surface area contributed by atoms with Crippen LogP contribution >= 0.6 is 0 Å². The van der Waals surface area contributed by atoms with Crippen LogP contribution < -0.4 is 5.32 Å². The minimum atomic E-state index is -4.23. The normalized spacial score (nSPS) is 28.1. The Kier molecular flexibility index (Phi) is 6.75. The lowest BCUT2D eigenvalue weighted by molar-refractivity contribution is -0.173. The lowest BCUT2D eigenvalue weighted by atomic mass is 9.75. The summed E-state index contributed by atoms with van der Waals surface area (Å²) >= 11 is 0. The molecule has 20 heavy (non-hydrogen) atoms. The summed E-state index contributed by atoms with van der Waals surface area (Å²) in [6, 6.07) is 0. The number of hydrogen-bond donors (Lipinski definition) is 1. The molecule has 1 N–H and O–H groups in total. The molecule has 1 aliphatic rings. The number of hydrogen-bond acceptors (Lipinski definition) is 3. The Labute approximate surface area is 119 Å². The van der Waals surface area contributed by atoms with Gasteiger partial charge in [-0.15, -0.1) is 0 Å². The van der Waals surface area contributed by atoms with Gasteiger partial charge in [-0.1, -0.05) is 19.8 Å². The first-order valence-corrected chi connectivity index (χ1v) is 7.28. The summed E-state index contributed by atoms with van der Waals surface area (Å²) in [5.74, 6) is 0.703. The van der Waals surface area contributed by atoms with Gasteiger partial charge in [-0.05, 0) is 32.9 Å². The summed E-state index contributed by atoms with van der Waals surface area (Å²) in [5.41, 5.74) is 0.127. The molecule has 1 rings (SSSR count). The maximum atomic E-state index is 11.9. The maximum Gasteiger partial charge on any atom is 0.411 e. The molecule has 0 heterocycles. The van der Waals surface area contributed by atoms with E-state index in [0.29, 0.717) is 12.5 Å². The van der Waals surface area contributed by atoms with Crippen LogP contribution in [0.5, 0.6) is 0 Å². The van der Waals surface area contributed by atoms with Crippen molar-refractivity contribution >= 4 is 0 Å². The van der Waals surface area contributed by atoms with Crippen LogP contribution in [0.2, 0.25) is 0 Å². The van der Waals surface area contributed by atoms with Crippen molar-refractivity contribution in [3.05, 3.63) is 0 Å². The number of nitrogens with one attached hydrogen (secondary N) is 1. The highest BCUT2D eigenvalue weighted by Gasteiger charge is 2.36. The Hall–Kier alpha value is -0.330. The van der Waals surface area contributed by atoms with Gasteiger partial charge < -0.3 is 15.0 Å². The summed E-state index contributed by atoms with van der Waals surface area (Å²) in [6.07, 6.45) is 0.525. The van der Waals surface area contributed by atoms with E-state index in [2.05, 4.69) is 36.0 Å². The number of likely N-dealkylation sites (N-methyl/N-ethyl adjacent to an activating group) is 1. The van der Waals surface area contributed by atoms with Crippen molar-refractivity contribution in [3.8, 4) is 0 Å². The lowest BCUT2D eigenvalue weighted by Gasteiger charge is -2.45. The highest BCUT2D eigenvalue weighted by molar-refractivity contribution is 4.94. The Morgan fingerprint density at radius 2 is 2.05 bits per heavy atom. The molecule has 0 saturated heterocycles. The molecule has 1 fully saturated rings. The Morgan fingerprint density at radius 3 is 2.60 bits per heavy atom. The molecule has 0 radical (unpaired) electrons. The molecule has 2 atom stereocenters. The molecule has 0 bridgehead atoms. The fourth-order valence-electron chi connectivity index (χ4n) is 3.01. The van der Waals surface area contributed by atoms with E-state index in [-0.39, 0.29) is 12.1 Å². The summed E-state index contributed by atoms with van der Waals surface area (Å²) in [5, 5.41) is 3.25. The molecule has 120 valence electrons. The van der Waals surface area contributed by atoms with Gasteiger partial charge in [0.05, 0.1) is 6.61 Å². The van der Waals surface area contributed by atoms with E-state index in [4.69, 9.17) is 0 Å². The summed E-state index contributed by atoms with van der Waals surface area (Å²) in [6.45, 7) is 2.47. The number of alkyl halides is 3. The van der Waals surface area contributed by atoms with Crippen molar-refractivity contribution in [1.29, 1.82) is 0 Å². The second kappa shape index (κ2) is 7.61. The van der Waals surface area contributed by atoms with Crippen LogP contribution in [0.4, 0.5) is 13.2 Å². The van der Waals surface area contributed by atoms with Crippen LogP contribution in [0.3, 0.4) is 0 Å². The first-order chi connectivity index (χ1) is 9.25. The van der Waals surface area contributed by atoms with Crippen LogP contribution in [-0.4, -0.2) is 57.0 Å². The molecule has 3 nitrogen and oxygen atoms in total. The van der Waals surface area contributed by atoms with Crippen molar-refractivity contribution in [3.63, 3.8) is 0 Å². The van der Waals surface area contributed by atoms with E-state index in [1.54, 1.807) is 0 Å². The first-order valence-electron chi connectivity index (χ1n) is 7.28. The van der Waals surface area contributed by atoms with E-state index < -0.39 is 12.8 Å². The molecular formula is C14H27F3N2O. The zero-order valence-electron chi connectivity index (χ0n) is 12.7. The van der Waals surface area contributed by atoms with Crippen LogP contribution in [0.25, 0.3) is 0 Å². The summed E-state index contributed by atoms with van der Waals surface area (Å²) in [4.78, 5) is 2.26. The van der Waals surface area contributed by atoms with Gasteiger partial charge in [-0.3, -0.25) is 0 Å². The topological polar surface area (TPSA) is 24.5 Å². The fourth-order valence-corrected chi connectivity index (χ4v) is 3.01. The summed E-state index contributed by atoms with van der Waals surface area (Å²) in [7, 11) is 4.17. The third kappa shape index (κ3) is 5.97.